The molecule has 0 saturated carbocycles. The molecule has 1 N–H and O–H groups in total. The summed E-state index contributed by atoms with van der Waals surface area (Å²) in [6.07, 6.45) is 0.831. The van der Waals surface area contributed by atoms with Gasteiger partial charge in [0.25, 0.3) is 11.1 Å². The molecular weight excluding hydrogens is 283 g/mol. The molecular formula is C11H6F3NO3S. The lowest BCUT2D eigenvalue weighted by Crippen LogP contribution is -2.17. The number of hydrogen-bond acceptors (Lipinski definition) is 4. The zero-order chi connectivity index (χ0) is 14.2. The summed E-state index contributed by atoms with van der Waals surface area (Å²) < 4.78 is 44.9. The van der Waals surface area contributed by atoms with Gasteiger partial charge in [0.2, 0.25) is 0 Å². The largest absolute Gasteiger partial charge is 0.491 e. The van der Waals surface area contributed by atoms with E-state index in [4.69, 9.17) is 0 Å². The fourth-order valence-electron chi connectivity index (χ4n) is 1.46. The number of imide groups is 1. The van der Waals surface area contributed by atoms with Crippen LogP contribution in [0.4, 0.5) is 18.0 Å². The van der Waals surface area contributed by atoms with E-state index in [1.807, 2.05) is 5.32 Å². The van der Waals surface area contributed by atoms with Gasteiger partial charge in [-0.3, -0.25) is 14.9 Å². The number of amides is 2. The van der Waals surface area contributed by atoms with Gasteiger partial charge in [0, 0.05) is 6.07 Å². The van der Waals surface area contributed by atoms with Crippen molar-refractivity contribution >= 4 is 29.0 Å². The summed E-state index contributed by atoms with van der Waals surface area (Å²) in [6, 6.07) is 0.438. The van der Waals surface area contributed by atoms with Crippen LogP contribution in [0, 0.1) is 17.5 Å². The van der Waals surface area contributed by atoms with Gasteiger partial charge >= 0.3 is 0 Å². The summed E-state index contributed by atoms with van der Waals surface area (Å²) in [6.45, 7) is 0. The Morgan fingerprint density at radius 1 is 1.26 bits per heavy atom. The van der Waals surface area contributed by atoms with Gasteiger partial charge in [0.15, 0.2) is 17.4 Å². The molecule has 0 aliphatic carbocycles. The molecule has 1 aromatic carbocycles. The molecule has 1 aliphatic heterocycles. The standard InChI is InChI=1S/C11H6F3NO3S/c1-18-9-6(13)3-5(12)4(8(9)14)2-7-10(16)15-11(17)19-7/h2-3H,1H3,(H,15,16,17). The van der Waals surface area contributed by atoms with Crippen molar-refractivity contribution in [2.24, 2.45) is 0 Å². The highest BCUT2D eigenvalue weighted by molar-refractivity contribution is 8.18. The zero-order valence-electron chi connectivity index (χ0n) is 9.42. The van der Waals surface area contributed by atoms with Gasteiger partial charge < -0.3 is 4.74 Å². The third-order valence-corrected chi connectivity index (χ3v) is 3.10. The highest BCUT2D eigenvalue weighted by Gasteiger charge is 2.27. The van der Waals surface area contributed by atoms with E-state index in [0.717, 1.165) is 13.2 Å². The molecule has 0 radical (unpaired) electrons. The number of halogens is 3. The van der Waals surface area contributed by atoms with Crippen molar-refractivity contribution in [2.75, 3.05) is 7.11 Å². The summed E-state index contributed by atoms with van der Waals surface area (Å²) in [7, 11) is 1.02. The predicted molar refractivity (Wildman–Crippen MR) is 62.0 cm³/mol. The van der Waals surface area contributed by atoms with E-state index in [-0.39, 0.29) is 4.91 Å². The minimum Gasteiger partial charge on any atom is -0.491 e. The van der Waals surface area contributed by atoms with Gasteiger partial charge in [-0.25, -0.2) is 13.2 Å². The quantitative estimate of drug-likeness (QED) is 0.850. The van der Waals surface area contributed by atoms with E-state index in [9.17, 15) is 22.8 Å². The molecule has 1 fully saturated rings. The first kappa shape index (κ1) is 13.5. The number of carbonyl (C=O) groups excluding carboxylic acids is 2. The monoisotopic (exact) mass is 289 g/mol. The molecule has 2 amide bonds. The maximum Gasteiger partial charge on any atom is 0.290 e. The van der Waals surface area contributed by atoms with Crippen molar-refractivity contribution in [3.8, 4) is 5.75 Å². The Morgan fingerprint density at radius 3 is 2.47 bits per heavy atom. The molecule has 4 nitrogen and oxygen atoms in total. The first-order chi connectivity index (χ1) is 8.93. The number of hydrogen-bond donors (Lipinski definition) is 1. The number of nitrogens with one attached hydrogen (secondary N) is 1. The second kappa shape index (κ2) is 4.96. The van der Waals surface area contributed by atoms with Gasteiger partial charge in [-0.15, -0.1) is 0 Å². The molecule has 0 aromatic heterocycles. The zero-order valence-corrected chi connectivity index (χ0v) is 10.2. The smallest absolute Gasteiger partial charge is 0.290 e. The minimum absolute atomic E-state index is 0.184. The number of rotatable bonds is 2. The summed E-state index contributed by atoms with van der Waals surface area (Å²) in [5, 5.41) is 1.29. The van der Waals surface area contributed by atoms with E-state index < -0.39 is 39.9 Å². The van der Waals surface area contributed by atoms with Crippen LogP contribution < -0.4 is 10.1 Å². The molecule has 19 heavy (non-hydrogen) atoms. The van der Waals surface area contributed by atoms with Crippen molar-refractivity contribution in [3.63, 3.8) is 0 Å². The van der Waals surface area contributed by atoms with Crippen LogP contribution in [0.5, 0.6) is 5.75 Å². The predicted octanol–water partition coefficient (Wildman–Crippen LogP) is 2.44. The lowest BCUT2D eigenvalue weighted by atomic mass is 10.1. The molecule has 2 rings (SSSR count). The summed E-state index contributed by atoms with van der Waals surface area (Å²) in [5.74, 6) is -5.20. The summed E-state index contributed by atoms with van der Waals surface area (Å²) in [5.41, 5.74) is -0.648. The third kappa shape index (κ3) is 2.43. The van der Waals surface area contributed by atoms with Crippen LogP contribution in [0.3, 0.4) is 0 Å². The van der Waals surface area contributed by atoms with E-state index >= 15 is 0 Å². The SMILES string of the molecule is COc1c(F)cc(F)c(C=C2SC(=O)NC2=O)c1F. The third-order valence-electron chi connectivity index (χ3n) is 2.29. The number of thioether (sulfide) groups is 1. The maximum absolute atomic E-state index is 13.8. The van der Waals surface area contributed by atoms with E-state index in [1.54, 1.807) is 0 Å². The lowest BCUT2D eigenvalue weighted by Gasteiger charge is -2.07. The van der Waals surface area contributed by atoms with Crippen LogP contribution in [0.1, 0.15) is 5.56 Å². The highest BCUT2D eigenvalue weighted by atomic mass is 32.2. The van der Waals surface area contributed by atoms with Gasteiger partial charge in [0.05, 0.1) is 17.6 Å². The molecule has 100 valence electrons. The summed E-state index contributed by atoms with van der Waals surface area (Å²) >= 11 is 0.497. The Kier molecular flexibility index (Phi) is 3.52. The Labute approximate surface area is 109 Å². The average Bonchev–Trinajstić information content (AvgIpc) is 2.63. The molecule has 0 spiro atoms. The molecule has 1 aliphatic rings. The molecule has 0 bridgehead atoms. The van der Waals surface area contributed by atoms with Gasteiger partial charge in [-0.2, -0.15) is 0 Å². The van der Waals surface area contributed by atoms with E-state index in [2.05, 4.69) is 4.74 Å². The number of methoxy groups -OCH3 is 1. The second-order valence-corrected chi connectivity index (χ2v) is 4.47. The molecule has 0 atom stereocenters. The van der Waals surface area contributed by atoms with Crippen molar-refractivity contribution in [2.45, 2.75) is 0 Å². The fraction of sp³-hybridized carbons (Fsp3) is 0.0909. The van der Waals surface area contributed by atoms with Crippen molar-refractivity contribution in [3.05, 3.63) is 34.0 Å². The molecule has 8 heteroatoms. The Bertz CT molecular complexity index is 616. The van der Waals surface area contributed by atoms with Crippen LogP contribution >= 0.6 is 11.8 Å². The van der Waals surface area contributed by atoms with Gasteiger partial charge in [-0.05, 0) is 17.8 Å². The normalized spacial score (nSPS) is 16.9. The Hall–Kier alpha value is -1.96. The van der Waals surface area contributed by atoms with Crippen LogP contribution in [-0.4, -0.2) is 18.3 Å². The Morgan fingerprint density at radius 2 is 1.95 bits per heavy atom. The van der Waals surface area contributed by atoms with Crippen LogP contribution in [0.25, 0.3) is 6.08 Å². The molecule has 1 heterocycles. The highest BCUT2D eigenvalue weighted by Crippen LogP contribution is 2.31. The first-order valence-corrected chi connectivity index (χ1v) is 5.72. The van der Waals surface area contributed by atoms with Crippen molar-refractivity contribution in [1.82, 2.24) is 5.32 Å². The van der Waals surface area contributed by atoms with Crippen molar-refractivity contribution in [1.29, 1.82) is 0 Å². The van der Waals surface area contributed by atoms with Crippen LogP contribution in [-0.2, 0) is 4.79 Å². The average molecular weight is 289 g/mol. The molecule has 1 aromatic rings. The molecule has 1 saturated heterocycles. The second-order valence-electron chi connectivity index (χ2n) is 3.45. The van der Waals surface area contributed by atoms with Crippen LogP contribution in [0.15, 0.2) is 11.0 Å². The molecule has 0 unspecified atom stereocenters. The minimum atomic E-state index is -1.28. The lowest BCUT2D eigenvalue weighted by molar-refractivity contribution is -0.115. The van der Waals surface area contributed by atoms with Gasteiger partial charge in [0.1, 0.15) is 5.82 Å². The maximum atomic E-state index is 13.8. The fourth-order valence-corrected chi connectivity index (χ4v) is 2.12. The van der Waals surface area contributed by atoms with Crippen molar-refractivity contribution < 1.29 is 27.5 Å². The number of benzene rings is 1. The Balaban J connectivity index is 2.55. The number of carbonyl (C=O) groups is 2. The van der Waals surface area contributed by atoms with E-state index in [0.29, 0.717) is 17.8 Å². The van der Waals surface area contributed by atoms with Gasteiger partial charge in [-0.1, -0.05) is 0 Å². The van der Waals surface area contributed by atoms with E-state index in [1.165, 1.54) is 0 Å². The van der Waals surface area contributed by atoms with Crippen LogP contribution in [0.2, 0.25) is 0 Å². The first-order valence-electron chi connectivity index (χ1n) is 4.90. The topological polar surface area (TPSA) is 55.4 Å². The summed E-state index contributed by atoms with van der Waals surface area (Å²) in [4.78, 5) is 22.0. The number of ether oxygens (including phenoxy) is 1.